The second-order valence-corrected chi connectivity index (χ2v) is 6.68. The molecule has 0 amide bonds. The maximum absolute atomic E-state index is 10.2. The maximum Gasteiger partial charge on any atom is 0.202 e. The molecule has 140 valence electrons. The van der Waals surface area contributed by atoms with Crippen LogP contribution in [-0.4, -0.2) is 16.4 Å². The number of nitrogens with two attached hydrogens (primary N) is 1. The second kappa shape index (κ2) is 8.35. The SMILES string of the molecule is Cc1ccc(NC(O)Nc2cc(Oc3cc(Cl)cnc3N)ccc2Cl)cc1. The van der Waals surface area contributed by atoms with E-state index >= 15 is 0 Å². The fourth-order valence-electron chi connectivity index (χ4n) is 2.31. The van der Waals surface area contributed by atoms with E-state index in [1.165, 1.54) is 6.20 Å². The summed E-state index contributed by atoms with van der Waals surface area (Å²) in [7, 11) is 0. The molecule has 6 nitrogen and oxygen atoms in total. The minimum Gasteiger partial charge on any atom is -0.453 e. The van der Waals surface area contributed by atoms with E-state index in [0.717, 1.165) is 11.3 Å². The van der Waals surface area contributed by atoms with Gasteiger partial charge in [0.1, 0.15) is 5.75 Å². The zero-order chi connectivity index (χ0) is 19.4. The Hall–Kier alpha value is -2.67. The van der Waals surface area contributed by atoms with Crippen LogP contribution in [0, 0.1) is 6.92 Å². The first kappa shape index (κ1) is 19.1. The molecule has 0 fully saturated rings. The molecule has 3 rings (SSSR count). The number of nitrogen functional groups attached to an aromatic ring is 1. The molecule has 1 heterocycles. The Kier molecular flexibility index (Phi) is 5.91. The molecule has 1 unspecified atom stereocenters. The Balaban J connectivity index is 1.72. The van der Waals surface area contributed by atoms with Crippen molar-refractivity contribution in [2.24, 2.45) is 0 Å². The Morgan fingerprint density at radius 2 is 1.81 bits per heavy atom. The lowest BCUT2D eigenvalue weighted by molar-refractivity contribution is 0.233. The molecule has 2 aromatic carbocycles. The van der Waals surface area contributed by atoms with Crippen molar-refractivity contribution in [3.63, 3.8) is 0 Å². The van der Waals surface area contributed by atoms with Crippen LogP contribution in [0.4, 0.5) is 17.2 Å². The van der Waals surface area contributed by atoms with E-state index in [1.54, 1.807) is 24.3 Å². The van der Waals surface area contributed by atoms with Crippen LogP contribution in [0.1, 0.15) is 5.56 Å². The molecule has 27 heavy (non-hydrogen) atoms. The van der Waals surface area contributed by atoms with Crippen molar-refractivity contribution in [1.29, 1.82) is 0 Å². The van der Waals surface area contributed by atoms with Crippen LogP contribution in [0.15, 0.2) is 54.7 Å². The predicted octanol–water partition coefficient (Wildman–Crippen LogP) is 4.87. The van der Waals surface area contributed by atoms with Gasteiger partial charge in [-0.3, -0.25) is 0 Å². The molecule has 0 bridgehead atoms. The molecule has 0 radical (unpaired) electrons. The summed E-state index contributed by atoms with van der Waals surface area (Å²) < 4.78 is 5.73. The largest absolute Gasteiger partial charge is 0.453 e. The quantitative estimate of drug-likeness (QED) is 0.438. The van der Waals surface area contributed by atoms with E-state index in [0.29, 0.717) is 27.2 Å². The lowest BCUT2D eigenvalue weighted by atomic mass is 10.2. The van der Waals surface area contributed by atoms with E-state index in [-0.39, 0.29) is 5.82 Å². The number of ether oxygens (including phenoxy) is 1. The summed E-state index contributed by atoms with van der Waals surface area (Å²) in [5.74, 6) is 0.999. The van der Waals surface area contributed by atoms with Crippen LogP contribution in [0.3, 0.4) is 0 Å². The molecule has 3 aromatic rings. The van der Waals surface area contributed by atoms with Gasteiger partial charge in [-0.2, -0.15) is 0 Å². The van der Waals surface area contributed by atoms with Crippen molar-refractivity contribution >= 4 is 40.4 Å². The topological polar surface area (TPSA) is 92.4 Å². The molecule has 0 spiro atoms. The number of hydrogen-bond acceptors (Lipinski definition) is 6. The summed E-state index contributed by atoms with van der Waals surface area (Å²) in [6.45, 7) is 1.99. The average molecular weight is 405 g/mol. The highest BCUT2D eigenvalue weighted by molar-refractivity contribution is 6.33. The smallest absolute Gasteiger partial charge is 0.202 e. The molecule has 0 aliphatic carbocycles. The normalized spacial score (nSPS) is 11.7. The summed E-state index contributed by atoms with van der Waals surface area (Å²) in [6, 6.07) is 14.2. The number of anilines is 3. The van der Waals surface area contributed by atoms with Gasteiger partial charge in [0.2, 0.25) is 6.35 Å². The zero-order valence-corrected chi connectivity index (χ0v) is 15.9. The first-order valence-electron chi connectivity index (χ1n) is 8.07. The summed E-state index contributed by atoms with van der Waals surface area (Å²) in [4.78, 5) is 3.95. The molecule has 0 aliphatic heterocycles. The molecule has 1 aromatic heterocycles. The standard InChI is InChI=1S/C19H18Cl2N4O2/c1-11-2-4-13(5-3-11)24-19(26)25-16-9-14(6-7-15(16)21)27-17-8-12(20)10-23-18(17)22/h2-10,19,24-26H,1H3,(H2,22,23). The molecule has 8 heteroatoms. The van der Waals surface area contributed by atoms with Gasteiger partial charge in [-0.25, -0.2) is 4.98 Å². The summed E-state index contributed by atoms with van der Waals surface area (Å²) >= 11 is 12.1. The van der Waals surface area contributed by atoms with Gasteiger partial charge in [-0.1, -0.05) is 40.9 Å². The van der Waals surface area contributed by atoms with E-state index in [2.05, 4.69) is 15.6 Å². The lowest BCUT2D eigenvalue weighted by Gasteiger charge is -2.18. The fourth-order valence-corrected chi connectivity index (χ4v) is 2.63. The van der Waals surface area contributed by atoms with Crippen LogP contribution < -0.4 is 21.1 Å². The predicted molar refractivity (Wildman–Crippen MR) is 110 cm³/mol. The number of nitrogens with one attached hydrogen (secondary N) is 2. The van der Waals surface area contributed by atoms with Crippen LogP contribution in [-0.2, 0) is 0 Å². The van der Waals surface area contributed by atoms with E-state index in [4.69, 9.17) is 33.7 Å². The van der Waals surface area contributed by atoms with Crippen molar-refractivity contribution in [2.45, 2.75) is 13.3 Å². The van der Waals surface area contributed by atoms with Crippen molar-refractivity contribution < 1.29 is 9.84 Å². The average Bonchev–Trinajstić information content (AvgIpc) is 2.63. The van der Waals surface area contributed by atoms with Gasteiger partial charge in [0.25, 0.3) is 0 Å². The Morgan fingerprint density at radius 1 is 1.07 bits per heavy atom. The van der Waals surface area contributed by atoms with Crippen LogP contribution in [0.5, 0.6) is 11.5 Å². The number of rotatable bonds is 6. The lowest BCUT2D eigenvalue weighted by Crippen LogP contribution is -2.28. The third kappa shape index (κ3) is 5.17. The monoisotopic (exact) mass is 404 g/mol. The number of nitrogens with zero attached hydrogens (tertiary/aromatic N) is 1. The number of hydrogen-bond donors (Lipinski definition) is 4. The molecule has 0 aliphatic rings. The zero-order valence-electron chi connectivity index (χ0n) is 14.4. The van der Waals surface area contributed by atoms with Crippen LogP contribution in [0.2, 0.25) is 10.0 Å². The minimum atomic E-state index is -1.06. The van der Waals surface area contributed by atoms with E-state index in [9.17, 15) is 5.11 Å². The highest BCUT2D eigenvalue weighted by atomic mass is 35.5. The van der Waals surface area contributed by atoms with Crippen molar-refractivity contribution in [3.05, 3.63) is 70.3 Å². The maximum atomic E-state index is 10.2. The molecule has 1 atom stereocenters. The summed E-state index contributed by atoms with van der Waals surface area (Å²) in [5.41, 5.74) is 8.17. The summed E-state index contributed by atoms with van der Waals surface area (Å²) in [6.07, 6.45) is 0.379. The Morgan fingerprint density at radius 3 is 2.56 bits per heavy atom. The molecule has 0 saturated heterocycles. The van der Waals surface area contributed by atoms with Gasteiger partial charge in [0.15, 0.2) is 11.6 Å². The highest BCUT2D eigenvalue weighted by Gasteiger charge is 2.10. The molecule has 0 saturated carbocycles. The third-order valence-corrected chi connectivity index (χ3v) is 4.20. The molecular weight excluding hydrogens is 387 g/mol. The Labute approximate surface area is 166 Å². The number of aliphatic hydroxyl groups is 1. The highest BCUT2D eigenvalue weighted by Crippen LogP contribution is 2.33. The third-order valence-electron chi connectivity index (χ3n) is 3.66. The first-order valence-corrected chi connectivity index (χ1v) is 8.82. The van der Waals surface area contributed by atoms with Gasteiger partial charge in [0, 0.05) is 24.0 Å². The number of benzene rings is 2. The van der Waals surface area contributed by atoms with Gasteiger partial charge < -0.3 is 26.2 Å². The van der Waals surface area contributed by atoms with Gasteiger partial charge in [-0.05, 0) is 31.2 Å². The number of aromatic nitrogens is 1. The van der Waals surface area contributed by atoms with E-state index in [1.807, 2.05) is 31.2 Å². The van der Waals surface area contributed by atoms with Gasteiger partial charge >= 0.3 is 0 Å². The van der Waals surface area contributed by atoms with Gasteiger partial charge in [0.05, 0.1) is 15.7 Å². The van der Waals surface area contributed by atoms with Crippen molar-refractivity contribution in [1.82, 2.24) is 4.98 Å². The van der Waals surface area contributed by atoms with E-state index < -0.39 is 6.35 Å². The molecular formula is C19H18Cl2N4O2. The minimum absolute atomic E-state index is 0.213. The van der Waals surface area contributed by atoms with Crippen LogP contribution >= 0.6 is 23.2 Å². The first-order chi connectivity index (χ1) is 12.9. The number of aryl methyl sites for hydroxylation is 1. The number of halogens is 2. The number of aliphatic hydroxyl groups excluding tert-OH is 1. The Bertz CT molecular complexity index is 935. The second-order valence-electron chi connectivity index (χ2n) is 5.84. The fraction of sp³-hybridized carbons (Fsp3) is 0.105. The molecule has 5 N–H and O–H groups in total. The van der Waals surface area contributed by atoms with Crippen LogP contribution in [0.25, 0.3) is 0 Å². The van der Waals surface area contributed by atoms with Gasteiger partial charge in [-0.15, -0.1) is 0 Å². The van der Waals surface area contributed by atoms with Crippen molar-refractivity contribution in [3.8, 4) is 11.5 Å². The van der Waals surface area contributed by atoms with Crippen molar-refractivity contribution in [2.75, 3.05) is 16.4 Å². The summed E-state index contributed by atoms with van der Waals surface area (Å²) in [5, 5.41) is 16.9. The number of pyridine rings is 1.